The summed E-state index contributed by atoms with van der Waals surface area (Å²) in [6.07, 6.45) is 0.626. The molecule has 65 heavy (non-hydrogen) atoms. The van der Waals surface area contributed by atoms with Gasteiger partial charge in [-0.1, -0.05) is 6.07 Å². The first-order valence-electron chi connectivity index (χ1n) is 21.2. The Bertz CT molecular complexity index is 2460. The van der Waals surface area contributed by atoms with Crippen LogP contribution in [0.3, 0.4) is 0 Å². The third kappa shape index (κ3) is 10.9. The van der Waals surface area contributed by atoms with Crippen LogP contribution in [0.4, 0.5) is 20.2 Å². The van der Waals surface area contributed by atoms with E-state index in [-0.39, 0.29) is 61.2 Å². The largest absolute Gasteiger partial charge is 0.382 e. The molecule has 2 saturated heterocycles. The summed E-state index contributed by atoms with van der Waals surface area (Å²) in [5.74, 6) is -5.85. The van der Waals surface area contributed by atoms with Crippen LogP contribution in [-0.4, -0.2) is 134 Å². The molecule has 0 radical (unpaired) electrons. The maximum Gasteiger partial charge on any atom is 0.268 e. The number of ketones is 1. The zero-order chi connectivity index (χ0) is 46.1. The molecule has 0 spiro atoms. The van der Waals surface area contributed by atoms with Gasteiger partial charge in [0, 0.05) is 73.8 Å². The summed E-state index contributed by atoms with van der Waals surface area (Å²) < 4.78 is 49.3. The van der Waals surface area contributed by atoms with Gasteiger partial charge in [-0.05, 0) is 66.9 Å². The lowest BCUT2D eigenvalue weighted by Crippen LogP contribution is -2.54. The molecule has 0 bridgehead atoms. The lowest BCUT2D eigenvalue weighted by atomic mass is 10.0. The van der Waals surface area contributed by atoms with Crippen molar-refractivity contribution < 1.29 is 66.4 Å². The quantitative estimate of drug-likeness (QED) is 0.0312. The fourth-order valence-electron chi connectivity index (χ4n) is 7.79. The molecule has 344 valence electrons. The van der Waals surface area contributed by atoms with Gasteiger partial charge in [0.1, 0.15) is 17.7 Å². The number of anilines is 2. The van der Waals surface area contributed by atoms with Gasteiger partial charge in [0.2, 0.25) is 17.4 Å². The number of hydrogen-bond acceptors (Lipinski definition) is 13. The summed E-state index contributed by atoms with van der Waals surface area (Å²) in [6, 6.07) is 13.3. The number of ether oxygens (including phenoxy) is 4. The summed E-state index contributed by atoms with van der Waals surface area (Å²) in [5, 5.41) is 19.3. The van der Waals surface area contributed by atoms with Crippen LogP contribution in [0.5, 0.6) is 0 Å². The molecular weight excluding hydrogens is 855 g/mol. The lowest BCUT2D eigenvalue weighted by molar-refractivity contribution is -0.149. The minimum absolute atomic E-state index is 0.0415. The van der Waals surface area contributed by atoms with Gasteiger partial charge >= 0.3 is 0 Å². The molecule has 3 aliphatic heterocycles. The Morgan fingerprint density at radius 2 is 1.52 bits per heavy atom. The Hall–Kier alpha value is -6.45. The molecule has 4 heterocycles. The Labute approximate surface area is 370 Å². The number of carbonyl (C=O) groups excluding carboxylic acids is 7. The zero-order valence-electron chi connectivity index (χ0n) is 35.3. The van der Waals surface area contributed by atoms with E-state index < -0.39 is 58.7 Å². The van der Waals surface area contributed by atoms with E-state index in [9.17, 15) is 47.4 Å². The van der Waals surface area contributed by atoms with Gasteiger partial charge in [-0.15, -0.1) is 0 Å². The first kappa shape index (κ1) is 46.5. The molecule has 6 amide bonds. The molecule has 4 aromatic rings. The van der Waals surface area contributed by atoms with Gasteiger partial charge in [-0.2, -0.15) is 0 Å². The molecule has 3 aliphatic rings. The van der Waals surface area contributed by atoms with Gasteiger partial charge in [0.05, 0.1) is 63.1 Å². The van der Waals surface area contributed by atoms with Crippen molar-refractivity contribution in [2.75, 3.05) is 76.2 Å². The van der Waals surface area contributed by atoms with Crippen LogP contribution < -0.4 is 20.9 Å². The summed E-state index contributed by atoms with van der Waals surface area (Å²) in [6.45, 7) is 2.74. The smallest absolute Gasteiger partial charge is 0.268 e. The molecule has 3 aromatic carbocycles. The van der Waals surface area contributed by atoms with Gasteiger partial charge in [-0.3, -0.25) is 43.8 Å². The number of carbonyl (C=O) groups is 7. The SMILES string of the molecule is O=C1CCC(N2C(=O)c3cccc(NCCOCCOCCOCCOCCCC(=O)c4cc5cc(N6CC[C@](O)(C(=O)NCc7cc(F)cc(F)c7)C6=O)ccc5[nH]4)c3C2=O)C(=O)N1. The Morgan fingerprint density at radius 1 is 0.831 bits per heavy atom. The van der Waals surface area contributed by atoms with Crippen LogP contribution in [0.25, 0.3) is 10.9 Å². The van der Waals surface area contributed by atoms with Crippen molar-refractivity contribution in [2.24, 2.45) is 0 Å². The summed E-state index contributed by atoms with van der Waals surface area (Å²) in [5.41, 5.74) is 0.0506. The normalized spacial score (nSPS) is 18.4. The highest BCUT2D eigenvalue weighted by Crippen LogP contribution is 2.33. The number of aliphatic hydroxyl groups is 1. The average Bonchev–Trinajstić information content (AvgIpc) is 3.93. The van der Waals surface area contributed by atoms with Gasteiger partial charge in [0.25, 0.3) is 23.6 Å². The molecule has 1 aromatic heterocycles. The Balaban J connectivity index is 0.717. The molecule has 2 atom stereocenters. The van der Waals surface area contributed by atoms with Gasteiger partial charge in [-0.25, -0.2) is 8.78 Å². The number of piperidine rings is 1. The number of amides is 6. The van der Waals surface area contributed by atoms with E-state index in [0.29, 0.717) is 99.9 Å². The van der Waals surface area contributed by atoms with E-state index in [2.05, 4.69) is 20.9 Å². The molecular formula is C45H48F2N6O12. The first-order valence-corrected chi connectivity index (χ1v) is 21.2. The van der Waals surface area contributed by atoms with E-state index >= 15 is 0 Å². The van der Waals surface area contributed by atoms with Crippen molar-refractivity contribution in [1.29, 1.82) is 0 Å². The van der Waals surface area contributed by atoms with Crippen LogP contribution >= 0.6 is 0 Å². The molecule has 2 fully saturated rings. The third-order valence-corrected chi connectivity index (χ3v) is 11.1. The predicted octanol–water partition coefficient (Wildman–Crippen LogP) is 2.77. The van der Waals surface area contributed by atoms with E-state index in [1.54, 1.807) is 36.4 Å². The second-order valence-electron chi connectivity index (χ2n) is 15.6. The predicted molar refractivity (Wildman–Crippen MR) is 227 cm³/mol. The van der Waals surface area contributed by atoms with Crippen LogP contribution in [0.1, 0.15) is 68.9 Å². The number of Topliss-reactive ketones (excluding diaryl/α,β-unsaturated/α-hetero) is 1. The van der Waals surface area contributed by atoms with Gasteiger partial charge < -0.3 is 44.6 Å². The molecule has 5 N–H and O–H groups in total. The number of imide groups is 2. The molecule has 7 rings (SSSR count). The number of benzene rings is 3. The zero-order valence-corrected chi connectivity index (χ0v) is 35.3. The van der Waals surface area contributed by atoms with E-state index in [1.165, 1.54) is 11.0 Å². The molecule has 18 nitrogen and oxygen atoms in total. The standard InChI is InChI=1S/C45H48F2N6O12/c46-29-21-27(22-30(47)25-29)26-49-43(59)45(61)10-12-52(44(45)60)31-6-7-33-28(23-31)24-35(50-33)37(54)5-2-13-62-15-17-64-19-20-65-18-16-63-14-11-48-34-4-1-3-32-39(34)42(58)53(41(32)57)36-8-9-38(55)51-40(36)56/h1,3-4,6-7,21-25,36,48,50,61H,2,5,8-20,26H2,(H,49,59)(H,51,55,56)/t36?,45-/m0/s1. The Morgan fingerprint density at radius 3 is 2.23 bits per heavy atom. The minimum Gasteiger partial charge on any atom is -0.382 e. The van der Waals surface area contributed by atoms with E-state index in [0.717, 1.165) is 17.0 Å². The number of fused-ring (bicyclic) bond motifs is 2. The molecule has 1 unspecified atom stereocenters. The molecule has 20 heteroatoms. The maximum atomic E-state index is 13.5. The summed E-state index contributed by atoms with van der Waals surface area (Å²) >= 11 is 0. The second kappa shape index (κ2) is 21.0. The fraction of sp³-hybridized carbons (Fsp3) is 0.400. The lowest BCUT2D eigenvalue weighted by Gasteiger charge is -2.27. The number of hydrogen-bond donors (Lipinski definition) is 5. The summed E-state index contributed by atoms with van der Waals surface area (Å²) in [4.78, 5) is 94.4. The van der Waals surface area contributed by atoms with Crippen LogP contribution in [-0.2, 0) is 44.7 Å². The summed E-state index contributed by atoms with van der Waals surface area (Å²) in [7, 11) is 0. The fourth-order valence-corrected chi connectivity index (χ4v) is 7.79. The molecule has 0 saturated carbocycles. The monoisotopic (exact) mass is 902 g/mol. The van der Waals surface area contributed by atoms with Gasteiger partial charge in [0.15, 0.2) is 5.78 Å². The third-order valence-electron chi connectivity index (χ3n) is 11.1. The van der Waals surface area contributed by atoms with E-state index in [4.69, 9.17) is 18.9 Å². The van der Waals surface area contributed by atoms with Crippen molar-refractivity contribution in [2.45, 2.75) is 50.3 Å². The number of aromatic nitrogens is 1. The molecule has 0 aliphatic carbocycles. The number of H-pyrrole nitrogens is 1. The van der Waals surface area contributed by atoms with Crippen molar-refractivity contribution in [3.8, 4) is 0 Å². The second-order valence-corrected chi connectivity index (χ2v) is 15.6. The Kier molecular flexibility index (Phi) is 15.1. The van der Waals surface area contributed by atoms with Crippen molar-refractivity contribution in [3.63, 3.8) is 0 Å². The highest BCUT2D eigenvalue weighted by Gasteiger charge is 2.52. The van der Waals surface area contributed by atoms with Crippen molar-refractivity contribution >= 4 is 63.5 Å². The van der Waals surface area contributed by atoms with Crippen LogP contribution in [0.15, 0.2) is 60.7 Å². The number of nitrogens with zero attached hydrogens (tertiary/aromatic N) is 2. The highest BCUT2D eigenvalue weighted by molar-refractivity contribution is 6.25. The van der Waals surface area contributed by atoms with Crippen LogP contribution in [0, 0.1) is 11.6 Å². The minimum atomic E-state index is -2.36. The number of nitrogens with one attached hydrogen (secondary N) is 4. The number of rotatable bonds is 23. The van der Waals surface area contributed by atoms with E-state index in [1.807, 2.05) is 0 Å². The average molecular weight is 903 g/mol. The first-order chi connectivity index (χ1) is 31.3. The number of halogens is 2. The van der Waals surface area contributed by atoms with Crippen molar-refractivity contribution in [1.82, 2.24) is 20.5 Å². The number of aromatic amines is 1. The van der Waals surface area contributed by atoms with Crippen molar-refractivity contribution in [3.05, 3.63) is 94.7 Å². The maximum absolute atomic E-state index is 13.5. The van der Waals surface area contributed by atoms with Crippen LogP contribution in [0.2, 0.25) is 0 Å². The topological polar surface area (TPSA) is 235 Å². The highest BCUT2D eigenvalue weighted by atomic mass is 19.1.